The van der Waals surface area contributed by atoms with Crippen molar-refractivity contribution in [2.24, 2.45) is 5.92 Å². The van der Waals surface area contributed by atoms with Crippen molar-refractivity contribution in [3.05, 3.63) is 57.6 Å². The van der Waals surface area contributed by atoms with Gasteiger partial charge in [-0.1, -0.05) is 12.1 Å². The van der Waals surface area contributed by atoms with Crippen LogP contribution >= 0.6 is 0 Å². The number of methoxy groups -OCH3 is 1. The number of aliphatic carboxylic acids is 1. The van der Waals surface area contributed by atoms with Gasteiger partial charge in [0.1, 0.15) is 11.5 Å². The van der Waals surface area contributed by atoms with Gasteiger partial charge in [0, 0.05) is 23.1 Å². The fourth-order valence-corrected chi connectivity index (χ4v) is 3.88. The Morgan fingerprint density at radius 1 is 1.04 bits per heavy atom. The van der Waals surface area contributed by atoms with E-state index in [1.165, 1.54) is 25.3 Å². The number of fused-ring (bicyclic) bond motifs is 4. The van der Waals surface area contributed by atoms with E-state index in [4.69, 9.17) is 4.74 Å². The van der Waals surface area contributed by atoms with E-state index in [1.807, 2.05) is 0 Å². The summed E-state index contributed by atoms with van der Waals surface area (Å²) in [6.45, 7) is 0. The lowest BCUT2D eigenvalue weighted by atomic mass is 9.74. The number of aromatic hydroxyl groups is 1. The van der Waals surface area contributed by atoms with Gasteiger partial charge in [0.05, 0.1) is 24.2 Å². The van der Waals surface area contributed by atoms with Gasteiger partial charge in [0.25, 0.3) is 0 Å². The summed E-state index contributed by atoms with van der Waals surface area (Å²) in [5, 5.41) is 19.6. The van der Waals surface area contributed by atoms with Gasteiger partial charge in [-0.15, -0.1) is 0 Å². The van der Waals surface area contributed by atoms with E-state index in [0.717, 1.165) is 0 Å². The second kappa shape index (κ2) is 5.77. The maximum Gasteiger partial charge on any atom is 0.307 e. The first kappa shape index (κ1) is 17.0. The Balaban J connectivity index is 2.00. The van der Waals surface area contributed by atoms with Crippen LogP contribution < -0.4 is 4.74 Å². The molecular formula is C20H14O7. The number of hydrogen-bond acceptors (Lipinski definition) is 6. The monoisotopic (exact) mass is 366 g/mol. The molecule has 0 amide bonds. The summed E-state index contributed by atoms with van der Waals surface area (Å²) in [6.07, 6.45) is -0.254. The number of ketones is 3. The van der Waals surface area contributed by atoms with Crippen molar-refractivity contribution in [1.82, 2.24) is 0 Å². The standard InChI is InChI=1S/C20H14O7/c1-27-13-4-2-3-10-15(13)19(24)16-12(22)6-8-5-9(20(25)26)7-11(21)14(8)17(16)18(10)23/h2-4,6,9,22H,5,7H2,1H3,(H,25,26). The Hall–Kier alpha value is -3.48. The van der Waals surface area contributed by atoms with E-state index in [0.29, 0.717) is 0 Å². The summed E-state index contributed by atoms with van der Waals surface area (Å²) in [5.74, 6) is -3.98. The molecule has 0 saturated carbocycles. The molecule has 4 rings (SSSR count). The lowest BCUT2D eigenvalue weighted by molar-refractivity contribution is -0.141. The number of carboxylic acids is 1. The van der Waals surface area contributed by atoms with Crippen molar-refractivity contribution in [2.45, 2.75) is 12.8 Å². The van der Waals surface area contributed by atoms with Crippen molar-refractivity contribution < 1.29 is 34.1 Å². The van der Waals surface area contributed by atoms with Crippen LogP contribution in [0.15, 0.2) is 24.3 Å². The number of ether oxygens (including phenoxy) is 1. The fourth-order valence-electron chi connectivity index (χ4n) is 3.88. The van der Waals surface area contributed by atoms with Gasteiger partial charge in [-0.05, 0) is 24.1 Å². The van der Waals surface area contributed by atoms with Gasteiger partial charge in [0.15, 0.2) is 11.6 Å². The van der Waals surface area contributed by atoms with E-state index < -0.39 is 35.0 Å². The van der Waals surface area contributed by atoms with Gasteiger partial charge in [-0.2, -0.15) is 0 Å². The minimum atomic E-state index is -1.12. The Bertz CT molecular complexity index is 1060. The maximum atomic E-state index is 13.1. The largest absolute Gasteiger partial charge is 0.507 e. The van der Waals surface area contributed by atoms with Crippen LogP contribution in [0.3, 0.4) is 0 Å². The summed E-state index contributed by atoms with van der Waals surface area (Å²) >= 11 is 0. The minimum absolute atomic E-state index is 0.00366. The quantitative estimate of drug-likeness (QED) is 0.712. The van der Waals surface area contributed by atoms with E-state index >= 15 is 0 Å². The second-order valence-electron chi connectivity index (χ2n) is 6.59. The Morgan fingerprint density at radius 2 is 1.78 bits per heavy atom. The molecule has 0 saturated heterocycles. The molecule has 0 heterocycles. The molecule has 0 aromatic heterocycles. The SMILES string of the molecule is COc1cccc2c1C(=O)c1c(O)cc3c(c1C2=O)C(=O)CC(C(=O)O)C3. The maximum absolute atomic E-state index is 13.1. The van der Waals surface area contributed by atoms with Gasteiger partial charge < -0.3 is 14.9 Å². The first-order valence-electron chi connectivity index (χ1n) is 8.26. The Kier molecular flexibility index (Phi) is 3.62. The van der Waals surface area contributed by atoms with E-state index in [2.05, 4.69) is 0 Å². The molecule has 7 nitrogen and oxygen atoms in total. The predicted octanol–water partition coefficient (Wildman–Crippen LogP) is 2.01. The number of hydrogen-bond donors (Lipinski definition) is 2. The van der Waals surface area contributed by atoms with E-state index in [-0.39, 0.29) is 52.0 Å². The zero-order valence-electron chi connectivity index (χ0n) is 14.2. The van der Waals surface area contributed by atoms with Crippen LogP contribution in [0.4, 0.5) is 0 Å². The van der Waals surface area contributed by atoms with E-state index in [9.17, 15) is 29.4 Å². The number of benzene rings is 2. The molecule has 0 spiro atoms. The van der Waals surface area contributed by atoms with Crippen LogP contribution in [-0.2, 0) is 11.2 Å². The van der Waals surface area contributed by atoms with Crippen LogP contribution in [0.1, 0.15) is 54.2 Å². The molecule has 2 aliphatic rings. The average molecular weight is 366 g/mol. The molecule has 1 unspecified atom stereocenters. The number of phenolic OH excluding ortho intramolecular Hbond substituents is 1. The zero-order chi connectivity index (χ0) is 19.5. The average Bonchev–Trinajstić information content (AvgIpc) is 2.64. The van der Waals surface area contributed by atoms with Crippen molar-refractivity contribution in [2.75, 3.05) is 7.11 Å². The molecule has 0 bridgehead atoms. The molecular weight excluding hydrogens is 352 g/mol. The molecule has 0 fully saturated rings. The molecule has 1 atom stereocenters. The predicted molar refractivity (Wildman–Crippen MR) is 91.7 cm³/mol. The lowest BCUT2D eigenvalue weighted by Gasteiger charge is -2.27. The fraction of sp³-hybridized carbons (Fsp3) is 0.200. The van der Waals surface area contributed by atoms with E-state index in [1.54, 1.807) is 6.07 Å². The van der Waals surface area contributed by atoms with Gasteiger partial charge in [-0.3, -0.25) is 19.2 Å². The van der Waals surface area contributed by atoms with Crippen LogP contribution in [0.5, 0.6) is 11.5 Å². The third-order valence-corrected chi connectivity index (χ3v) is 5.09. The Labute approximate surface area is 153 Å². The smallest absolute Gasteiger partial charge is 0.307 e. The first-order chi connectivity index (χ1) is 12.8. The van der Waals surface area contributed by atoms with Crippen molar-refractivity contribution >= 4 is 23.3 Å². The van der Waals surface area contributed by atoms with Crippen LogP contribution in [-0.4, -0.2) is 40.6 Å². The van der Waals surface area contributed by atoms with Crippen molar-refractivity contribution in [3.63, 3.8) is 0 Å². The molecule has 27 heavy (non-hydrogen) atoms. The summed E-state index contributed by atoms with van der Waals surface area (Å²) in [6, 6.07) is 5.77. The molecule has 136 valence electrons. The zero-order valence-corrected chi connectivity index (χ0v) is 14.2. The van der Waals surface area contributed by atoms with Crippen LogP contribution in [0.2, 0.25) is 0 Å². The number of rotatable bonds is 2. The second-order valence-corrected chi connectivity index (χ2v) is 6.59. The number of Topliss-reactive ketones (excluding diaryl/α,β-unsaturated/α-hetero) is 1. The number of carbonyl (C=O) groups excluding carboxylic acids is 3. The van der Waals surface area contributed by atoms with Gasteiger partial charge in [-0.25, -0.2) is 0 Å². The molecule has 0 aliphatic heterocycles. The molecule has 7 heteroatoms. The molecule has 0 radical (unpaired) electrons. The van der Waals surface area contributed by atoms with Crippen LogP contribution in [0.25, 0.3) is 0 Å². The van der Waals surface area contributed by atoms with Crippen molar-refractivity contribution in [1.29, 1.82) is 0 Å². The van der Waals surface area contributed by atoms with Gasteiger partial charge >= 0.3 is 5.97 Å². The number of carboxylic acid groups (broad SMARTS) is 1. The summed E-state index contributed by atoms with van der Waals surface area (Å²) in [7, 11) is 1.37. The molecule has 2 aromatic rings. The highest BCUT2D eigenvalue weighted by Gasteiger charge is 2.41. The molecule has 2 aliphatic carbocycles. The number of carbonyl (C=O) groups is 4. The minimum Gasteiger partial charge on any atom is -0.507 e. The van der Waals surface area contributed by atoms with Crippen LogP contribution in [0, 0.1) is 5.92 Å². The lowest BCUT2D eigenvalue weighted by Crippen LogP contribution is -2.31. The number of phenols is 1. The normalized spacial score (nSPS) is 17.8. The summed E-state index contributed by atoms with van der Waals surface area (Å²) in [4.78, 5) is 50.1. The highest BCUT2D eigenvalue weighted by Crippen LogP contribution is 2.42. The topological polar surface area (TPSA) is 118 Å². The third kappa shape index (κ3) is 2.28. The molecule has 2 aromatic carbocycles. The summed E-state index contributed by atoms with van der Waals surface area (Å²) < 4.78 is 5.17. The highest BCUT2D eigenvalue weighted by molar-refractivity contribution is 6.33. The molecule has 2 N–H and O–H groups in total. The van der Waals surface area contributed by atoms with Crippen molar-refractivity contribution in [3.8, 4) is 11.5 Å². The highest BCUT2D eigenvalue weighted by atomic mass is 16.5. The summed E-state index contributed by atoms with van der Waals surface area (Å²) in [5.41, 5.74) is 0.0456. The Morgan fingerprint density at radius 3 is 2.44 bits per heavy atom. The van der Waals surface area contributed by atoms with Gasteiger partial charge in [0.2, 0.25) is 5.78 Å². The first-order valence-corrected chi connectivity index (χ1v) is 8.26. The third-order valence-electron chi connectivity index (χ3n) is 5.09.